The normalized spacial score (nSPS) is 15.2. The van der Waals surface area contributed by atoms with Gasteiger partial charge in [0, 0.05) is 25.2 Å². The first kappa shape index (κ1) is 13.1. The van der Waals surface area contributed by atoms with Crippen molar-refractivity contribution in [2.75, 3.05) is 11.9 Å². The largest absolute Gasteiger partial charge is 0.389 e. The number of nitrogens with one attached hydrogen (secondary N) is 2. The van der Waals surface area contributed by atoms with Gasteiger partial charge in [-0.25, -0.2) is 0 Å². The summed E-state index contributed by atoms with van der Waals surface area (Å²) in [6.07, 6.45) is 1.37. The second-order valence-corrected chi connectivity index (χ2v) is 5.46. The van der Waals surface area contributed by atoms with Gasteiger partial charge in [-0.15, -0.1) is 0 Å². The molecule has 3 N–H and O–H groups in total. The molecule has 0 bridgehead atoms. The summed E-state index contributed by atoms with van der Waals surface area (Å²) >= 11 is 0. The Kier molecular flexibility index (Phi) is 3.68. The van der Waals surface area contributed by atoms with Gasteiger partial charge < -0.3 is 15.7 Å². The van der Waals surface area contributed by atoms with E-state index in [4.69, 9.17) is 0 Å². The van der Waals surface area contributed by atoms with Crippen molar-refractivity contribution in [1.29, 1.82) is 0 Å². The highest BCUT2D eigenvalue weighted by Crippen LogP contribution is 2.23. The van der Waals surface area contributed by atoms with E-state index in [1.165, 1.54) is 11.1 Å². The molecular formula is C14H20N2O2. The van der Waals surface area contributed by atoms with Crippen LogP contribution < -0.4 is 10.6 Å². The molecule has 0 radical (unpaired) electrons. The molecule has 2 rings (SSSR count). The molecule has 0 atom stereocenters. The third kappa shape index (κ3) is 3.55. The van der Waals surface area contributed by atoms with Crippen LogP contribution in [-0.4, -0.2) is 23.2 Å². The van der Waals surface area contributed by atoms with Gasteiger partial charge in [-0.05, 0) is 37.5 Å². The molecule has 1 heterocycles. The van der Waals surface area contributed by atoms with Crippen molar-refractivity contribution in [3.05, 3.63) is 29.3 Å². The van der Waals surface area contributed by atoms with Crippen molar-refractivity contribution >= 4 is 11.6 Å². The van der Waals surface area contributed by atoms with Gasteiger partial charge in [0.2, 0.25) is 5.91 Å². The minimum absolute atomic E-state index is 0.0930. The fourth-order valence-electron chi connectivity index (χ4n) is 2.06. The van der Waals surface area contributed by atoms with Crippen molar-refractivity contribution < 1.29 is 9.90 Å². The standard InChI is InChI=1S/C14H20N2O2/c1-14(2,18)9-15-8-10-3-5-12-11(7-10)4-6-13(17)16-12/h3,5,7,15,18H,4,6,8-9H2,1-2H3,(H,16,17). The highest BCUT2D eigenvalue weighted by molar-refractivity contribution is 5.93. The van der Waals surface area contributed by atoms with E-state index in [2.05, 4.69) is 16.7 Å². The molecule has 0 aromatic heterocycles. The SMILES string of the molecule is CC(C)(O)CNCc1ccc2c(c1)CCC(=O)N2. The lowest BCUT2D eigenvalue weighted by atomic mass is 10.0. The lowest BCUT2D eigenvalue weighted by molar-refractivity contribution is -0.116. The molecule has 18 heavy (non-hydrogen) atoms. The molecule has 1 aliphatic rings. The van der Waals surface area contributed by atoms with E-state index < -0.39 is 5.60 Å². The number of aliphatic hydroxyl groups is 1. The first-order valence-electron chi connectivity index (χ1n) is 6.29. The minimum Gasteiger partial charge on any atom is -0.389 e. The first-order chi connectivity index (χ1) is 8.44. The fraction of sp³-hybridized carbons (Fsp3) is 0.500. The van der Waals surface area contributed by atoms with Crippen molar-refractivity contribution in [1.82, 2.24) is 5.32 Å². The third-order valence-electron chi connectivity index (χ3n) is 2.95. The average molecular weight is 248 g/mol. The molecule has 0 saturated heterocycles. The van der Waals surface area contributed by atoms with Crippen LogP contribution in [0.2, 0.25) is 0 Å². The summed E-state index contributed by atoms with van der Waals surface area (Å²) in [6.45, 7) is 4.84. The van der Waals surface area contributed by atoms with E-state index in [0.717, 1.165) is 18.7 Å². The van der Waals surface area contributed by atoms with E-state index in [-0.39, 0.29) is 5.91 Å². The predicted octanol–water partition coefficient (Wildman–Crippen LogP) is 1.43. The number of carbonyl (C=O) groups is 1. The van der Waals surface area contributed by atoms with E-state index in [1.54, 1.807) is 13.8 Å². The maximum absolute atomic E-state index is 11.2. The molecule has 4 nitrogen and oxygen atoms in total. The van der Waals surface area contributed by atoms with Gasteiger partial charge in [-0.1, -0.05) is 12.1 Å². The van der Waals surface area contributed by atoms with Gasteiger partial charge in [-0.2, -0.15) is 0 Å². The van der Waals surface area contributed by atoms with E-state index in [1.807, 2.05) is 12.1 Å². The molecular weight excluding hydrogens is 228 g/mol. The summed E-state index contributed by atoms with van der Waals surface area (Å²) < 4.78 is 0. The molecule has 98 valence electrons. The number of amides is 1. The van der Waals surface area contributed by atoms with E-state index in [9.17, 15) is 9.90 Å². The lowest BCUT2D eigenvalue weighted by Gasteiger charge is -2.19. The van der Waals surface area contributed by atoms with Crippen LogP contribution in [-0.2, 0) is 17.8 Å². The van der Waals surface area contributed by atoms with Crippen molar-refractivity contribution in [2.45, 2.75) is 38.8 Å². The van der Waals surface area contributed by atoms with Crippen LogP contribution in [0.15, 0.2) is 18.2 Å². The van der Waals surface area contributed by atoms with Crippen LogP contribution >= 0.6 is 0 Å². The first-order valence-corrected chi connectivity index (χ1v) is 6.29. The number of fused-ring (bicyclic) bond motifs is 1. The Morgan fingerprint density at radius 3 is 2.89 bits per heavy atom. The van der Waals surface area contributed by atoms with Crippen molar-refractivity contribution in [3.8, 4) is 0 Å². The molecule has 0 saturated carbocycles. The van der Waals surface area contributed by atoms with Crippen LogP contribution in [0.4, 0.5) is 5.69 Å². The Bertz CT molecular complexity index is 450. The summed E-state index contributed by atoms with van der Waals surface area (Å²) in [7, 11) is 0. The van der Waals surface area contributed by atoms with Gasteiger partial charge in [0.25, 0.3) is 0 Å². The zero-order chi connectivity index (χ0) is 13.2. The molecule has 0 spiro atoms. The number of hydrogen-bond donors (Lipinski definition) is 3. The third-order valence-corrected chi connectivity index (χ3v) is 2.95. The summed E-state index contributed by atoms with van der Waals surface area (Å²) in [6, 6.07) is 6.07. The Morgan fingerprint density at radius 2 is 2.17 bits per heavy atom. The van der Waals surface area contributed by atoms with Crippen LogP contribution in [0, 0.1) is 0 Å². The maximum atomic E-state index is 11.2. The number of anilines is 1. The molecule has 0 aliphatic carbocycles. The van der Waals surface area contributed by atoms with Gasteiger partial charge in [-0.3, -0.25) is 4.79 Å². The monoisotopic (exact) mass is 248 g/mol. The van der Waals surface area contributed by atoms with Gasteiger partial charge >= 0.3 is 0 Å². The Labute approximate surface area is 107 Å². The predicted molar refractivity (Wildman–Crippen MR) is 71.4 cm³/mol. The molecule has 0 fully saturated rings. The number of rotatable bonds is 4. The number of aryl methyl sites for hydroxylation is 1. The molecule has 0 unspecified atom stereocenters. The van der Waals surface area contributed by atoms with Crippen LogP contribution in [0.5, 0.6) is 0 Å². The van der Waals surface area contributed by atoms with Crippen molar-refractivity contribution in [3.63, 3.8) is 0 Å². The van der Waals surface area contributed by atoms with Crippen LogP contribution in [0.1, 0.15) is 31.4 Å². The van der Waals surface area contributed by atoms with Crippen LogP contribution in [0.25, 0.3) is 0 Å². The Hall–Kier alpha value is -1.39. The highest BCUT2D eigenvalue weighted by atomic mass is 16.3. The van der Waals surface area contributed by atoms with E-state index >= 15 is 0 Å². The Morgan fingerprint density at radius 1 is 1.39 bits per heavy atom. The minimum atomic E-state index is -0.692. The summed E-state index contributed by atoms with van der Waals surface area (Å²) in [4.78, 5) is 11.2. The van der Waals surface area contributed by atoms with E-state index in [0.29, 0.717) is 13.0 Å². The molecule has 4 heteroatoms. The van der Waals surface area contributed by atoms with Gasteiger partial charge in [0.1, 0.15) is 0 Å². The number of hydrogen-bond acceptors (Lipinski definition) is 3. The summed E-state index contributed by atoms with van der Waals surface area (Å²) in [5.41, 5.74) is 2.60. The molecule has 1 amide bonds. The lowest BCUT2D eigenvalue weighted by Crippen LogP contribution is -2.34. The smallest absolute Gasteiger partial charge is 0.224 e. The number of carbonyl (C=O) groups excluding carboxylic acids is 1. The van der Waals surface area contributed by atoms with Gasteiger partial charge in [0.05, 0.1) is 5.60 Å². The maximum Gasteiger partial charge on any atom is 0.224 e. The highest BCUT2D eigenvalue weighted by Gasteiger charge is 2.15. The average Bonchev–Trinajstić information content (AvgIpc) is 2.27. The Balaban J connectivity index is 1.97. The number of benzene rings is 1. The second-order valence-electron chi connectivity index (χ2n) is 5.46. The molecule has 1 aromatic carbocycles. The zero-order valence-electron chi connectivity index (χ0n) is 10.9. The molecule has 1 aliphatic heterocycles. The molecule has 1 aromatic rings. The van der Waals surface area contributed by atoms with Gasteiger partial charge in [0.15, 0.2) is 0 Å². The van der Waals surface area contributed by atoms with Crippen LogP contribution in [0.3, 0.4) is 0 Å². The second kappa shape index (κ2) is 5.08. The topological polar surface area (TPSA) is 61.4 Å². The summed E-state index contributed by atoms with van der Waals surface area (Å²) in [5.74, 6) is 0.0930. The fourth-order valence-corrected chi connectivity index (χ4v) is 2.06. The zero-order valence-corrected chi connectivity index (χ0v) is 10.9. The quantitative estimate of drug-likeness (QED) is 0.755. The summed E-state index contributed by atoms with van der Waals surface area (Å²) in [5, 5.41) is 15.7. The van der Waals surface area contributed by atoms with Crippen molar-refractivity contribution in [2.24, 2.45) is 0 Å².